The second-order valence-electron chi connectivity index (χ2n) is 3.84. The van der Waals surface area contributed by atoms with Crippen molar-refractivity contribution in [1.29, 1.82) is 0 Å². The Kier molecular flexibility index (Phi) is 4.62. The molecule has 17 heavy (non-hydrogen) atoms. The van der Waals surface area contributed by atoms with E-state index in [2.05, 4.69) is 0 Å². The first-order valence-electron chi connectivity index (χ1n) is 5.05. The summed E-state index contributed by atoms with van der Waals surface area (Å²) in [7, 11) is 0. The number of halogens is 5. The molecule has 1 N–H and O–H groups in total. The molecule has 1 amide bonds. The fourth-order valence-corrected chi connectivity index (χ4v) is 2.63. The van der Waals surface area contributed by atoms with Crippen LogP contribution in [0.3, 0.4) is 0 Å². The van der Waals surface area contributed by atoms with E-state index in [-0.39, 0.29) is 12.5 Å². The SMILES string of the molecule is O=C(NCC1CCSCC1)C(F)(F)C(F)(F)F. The zero-order valence-corrected chi connectivity index (χ0v) is 9.64. The molecule has 1 aliphatic rings. The van der Waals surface area contributed by atoms with Crippen molar-refractivity contribution in [2.24, 2.45) is 5.92 Å². The Morgan fingerprint density at radius 3 is 2.18 bits per heavy atom. The van der Waals surface area contributed by atoms with E-state index in [1.807, 2.05) is 0 Å². The van der Waals surface area contributed by atoms with Crippen LogP contribution in [-0.2, 0) is 4.79 Å². The lowest BCUT2D eigenvalue weighted by Gasteiger charge is -2.23. The number of hydrogen-bond donors (Lipinski definition) is 1. The molecule has 0 aromatic heterocycles. The third kappa shape index (κ3) is 3.72. The summed E-state index contributed by atoms with van der Waals surface area (Å²) < 4.78 is 60.6. The van der Waals surface area contributed by atoms with Crippen molar-refractivity contribution in [2.75, 3.05) is 18.1 Å². The van der Waals surface area contributed by atoms with Gasteiger partial charge < -0.3 is 5.32 Å². The summed E-state index contributed by atoms with van der Waals surface area (Å²) in [5.74, 6) is -5.89. The highest BCUT2D eigenvalue weighted by atomic mass is 32.2. The van der Waals surface area contributed by atoms with Crippen LogP contribution < -0.4 is 5.32 Å². The van der Waals surface area contributed by atoms with Crippen LogP contribution in [-0.4, -0.2) is 36.1 Å². The van der Waals surface area contributed by atoms with Crippen molar-refractivity contribution in [3.8, 4) is 0 Å². The van der Waals surface area contributed by atoms with E-state index in [0.717, 1.165) is 24.3 Å². The summed E-state index contributed by atoms with van der Waals surface area (Å²) in [6, 6.07) is 0. The van der Waals surface area contributed by atoms with Gasteiger partial charge in [-0.05, 0) is 30.3 Å². The van der Waals surface area contributed by atoms with Crippen molar-refractivity contribution in [1.82, 2.24) is 5.32 Å². The Bertz CT molecular complexity index is 275. The predicted molar refractivity (Wildman–Crippen MR) is 54.1 cm³/mol. The molecule has 0 aromatic rings. The largest absolute Gasteiger partial charge is 0.463 e. The van der Waals surface area contributed by atoms with Crippen LogP contribution in [0.25, 0.3) is 0 Å². The standard InChI is InChI=1S/C9H12F5NOS/c10-8(11,9(12,13)14)7(16)15-5-6-1-3-17-4-2-6/h6H,1-5H2,(H,15,16). The second kappa shape index (κ2) is 5.41. The van der Waals surface area contributed by atoms with Crippen molar-refractivity contribution in [3.63, 3.8) is 0 Å². The summed E-state index contributed by atoms with van der Waals surface area (Å²) in [6.07, 6.45) is -4.38. The first-order chi connectivity index (χ1) is 7.75. The van der Waals surface area contributed by atoms with Gasteiger partial charge in [0.1, 0.15) is 0 Å². The molecule has 0 unspecified atom stereocenters. The minimum absolute atomic E-state index is 0.00997. The number of carbonyl (C=O) groups excluding carboxylic acids is 1. The average molecular weight is 277 g/mol. The molecule has 1 heterocycles. The predicted octanol–water partition coefficient (Wildman–Crippen LogP) is 2.44. The summed E-state index contributed by atoms with van der Waals surface area (Å²) in [4.78, 5) is 10.8. The van der Waals surface area contributed by atoms with Gasteiger partial charge in [0, 0.05) is 6.54 Å². The fourth-order valence-electron chi connectivity index (χ4n) is 1.43. The van der Waals surface area contributed by atoms with Gasteiger partial charge in [-0.1, -0.05) is 0 Å². The van der Waals surface area contributed by atoms with Gasteiger partial charge in [-0.15, -0.1) is 0 Å². The maximum Gasteiger partial charge on any atom is 0.463 e. The molecule has 2 nitrogen and oxygen atoms in total. The molecular weight excluding hydrogens is 265 g/mol. The topological polar surface area (TPSA) is 29.1 Å². The molecule has 0 atom stereocenters. The highest BCUT2D eigenvalue weighted by Crippen LogP contribution is 2.35. The highest BCUT2D eigenvalue weighted by Gasteiger charge is 2.63. The Hall–Kier alpha value is -0.530. The third-order valence-corrected chi connectivity index (χ3v) is 3.58. The Labute approximate surface area is 99.3 Å². The number of thioether (sulfide) groups is 1. The molecule has 0 aromatic carbocycles. The van der Waals surface area contributed by atoms with Gasteiger partial charge in [-0.3, -0.25) is 4.79 Å². The number of rotatable bonds is 3. The highest BCUT2D eigenvalue weighted by molar-refractivity contribution is 7.99. The molecule has 1 saturated heterocycles. The average Bonchev–Trinajstić information content (AvgIpc) is 2.25. The molecule has 0 aliphatic carbocycles. The Balaban J connectivity index is 2.43. The number of hydrogen-bond acceptors (Lipinski definition) is 2. The number of nitrogens with one attached hydrogen (secondary N) is 1. The second-order valence-corrected chi connectivity index (χ2v) is 5.06. The van der Waals surface area contributed by atoms with Gasteiger partial charge in [0.25, 0.3) is 5.91 Å². The van der Waals surface area contributed by atoms with E-state index in [1.54, 1.807) is 17.1 Å². The monoisotopic (exact) mass is 277 g/mol. The van der Waals surface area contributed by atoms with Gasteiger partial charge in [-0.2, -0.15) is 33.7 Å². The lowest BCUT2D eigenvalue weighted by atomic mass is 10.0. The zero-order chi connectivity index (χ0) is 13.1. The van der Waals surface area contributed by atoms with Crippen LogP contribution >= 0.6 is 11.8 Å². The smallest absolute Gasteiger partial charge is 0.350 e. The molecule has 1 fully saturated rings. The van der Waals surface area contributed by atoms with Crippen LogP contribution in [0, 0.1) is 5.92 Å². The molecule has 0 radical (unpaired) electrons. The minimum atomic E-state index is -5.83. The number of carbonyl (C=O) groups is 1. The minimum Gasteiger partial charge on any atom is -0.350 e. The molecule has 0 spiro atoms. The lowest BCUT2D eigenvalue weighted by Crippen LogP contribution is -2.51. The molecular formula is C9H12F5NOS. The lowest BCUT2D eigenvalue weighted by molar-refractivity contribution is -0.269. The van der Waals surface area contributed by atoms with E-state index < -0.39 is 18.0 Å². The van der Waals surface area contributed by atoms with Crippen molar-refractivity contribution in [3.05, 3.63) is 0 Å². The van der Waals surface area contributed by atoms with E-state index in [4.69, 9.17) is 0 Å². The number of alkyl halides is 5. The molecule has 100 valence electrons. The zero-order valence-electron chi connectivity index (χ0n) is 8.82. The van der Waals surface area contributed by atoms with E-state index >= 15 is 0 Å². The van der Waals surface area contributed by atoms with E-state index in [9.17, 15) is 26.7 Å². The van der Waals surface area contributed by atoms with E-state index in [1.165, 1.54) is 0 Å². The van der Waals surface area contributed by atoms with Crippen LogP contribution in [0.2, 0.25) is 0 Å². The normalized spacial score (nSPS) is 19.1. The Morgan fingerprint density at radius 1 is 1.18 bits per heavy atom. The summed E-state index contributed by atoms with van der Waals surface area (Å²) in [5, 5.41) is 1.68. The van der Waals surface area contributed by atoms with Gasteiger partial charge in [0.2, 0.25) is 0 Å². The Morgan fingerprint density at radius 2 is 1.71 bits per heavy atom. The number of amides is 1. The molecule has 8 heteroatoms. The summed E-state index contributed by atoms with van der Waals surface area (Å²) >= 11 is 1.70. The molecule has 0 saturated carbocycles. The fraction of sp³-hybridized carbons (Fsp3) is 0.889. The van der Waals surface area contributed by atoms with Crippen molar-refractivity contribution in [2.45, 2.75) is 24.9 Å². The summed E-state index contributed by atoms with van der Waals surface area (Å²) in [6.45, 7) is -0.120. The molecule has 0 bridgehead atoms. The quantitative estimate of drug-likeness (QED) is 0.803. The molecule has 1 aliphatic heterocycles. The molecule has 1 rings (SSSR count). The maximum atomic E-state index is 12.5. The van der Waals surface area contributed by atoms with Gasteiger partial charge in [-0.25, -0.2) is 0 Å². The van der Waals surface area contributed by atoms with Crippen molar-refractivity contribution < 1.29 is 26.7 Å². The van der Waals surface area contributed by atoms with Crippen LogP contribution in [0.1, 0.15) is 12.8 Å². The third-order valence-electron chi connectivity index (χ3n) is 2.53. The van der Waals surface area contributed by atoms with Crippen LogP contribution in [0.5, 0.6) is 0 Å². The first kappa shape index (κ1) is 14.5. The van der Waals surface area contributed by atoms with Crippen molar-refractivity contribution >= 4 is 17.7 Å². The van der Waals surface area contributed by atoms with Gasteiger partial charge in [0.15, 0.2) is 0 Å². The van der Waals surface area contributed by atoms with Gasteiger partial charge >= 0.3 is 12.1 Å². The van der Waals surface area contributed by atoms with Crippen LogP contribution in [0.4, 0.5) is 22.0 Å². The first-order valence-corrected chi connectivity index (χ1v) is 6.21. The van der Waals surface area contributed by atoms with E-state index in [0.29, 0.717) is 0 Å². The maximum absolute atomic E-state index is 12.5. The van der Waals surface area contributed by atoms with Gasteiger partial charge in [0.05, 0.1) is 0 Å². The van der Waals surface area contributed by atoms with Crippen LogP contribution in [0.15, 0.2) is 0 Å². The summed E-state index contributed by atoms with van der Waals surface area (Å²) in [5.41, 5.74) is 0.